The van der Waals surface area contributed by atoms with Gasteiger partial charge in [-0.25, -0.2) is 0 Å². The Hall–Kier alpha value is 0.240. The van der Waals surface area contributed by atoms with Crippen LogP contribution in [0.25, 0.3) is 0 Å². The van der Waals surface area contributed by atoms with Gasteiger partial charge >= 0.3 is 0 Å². The molecule has 2 saturated heterocycles. The molecule has 210 valence electrons. The minimum absolute atomic E-state index is 0. The second-order valence-corrected chi connectivity index (χ2v) is 15.4. The number of unbranched alkanes of at least 4 members (excludes halogenated alkanes) is 3. The van der Waals surface area contributed by atoms with E-state index in [1.54, 1.807) is 10.1 Å². The Morgan fingerprint density at radius 2 is 0.771 bits per heavy atom. The van der Waals surface area contributed by atoms with Crippen molar-refractivity contribution in [3.8, 4) is 0 Å². The molecule has 2 rings (SSSR count). The topological polar surface area (TPSA) is 46.9 Å². The van der Waals surface area contributed by atoms with Crippen molar-refractivity contribution in [3.05, 3.63) is 0 Å². The summed E-state index contributed by atoms with van der Waals surface area (Å²) >= 11 is 0. The van der Waals surface area contributed by atoms with Crippen molar-refractivity contribution in [1.82, 2.24) is 10.1 Å². The second-order valence-electron chi connectivity index (χ2n) is 15.4. The van der Waals surface area contributed by atoms with Crippen molar-refractivity contribution in [2.24, 2.45) is 0 Å². The van der Waals surface area contributed by atoms with Crippen molar-refractivity contribution in [2.45, 2.75) is 141 Å². The summed E-state index contributed by atoms with van der Waals surface area (Å²) < 4.78 is 2.10. The molecule has 0 radical (unpaired) electrons. The third-order valence-electron chi connectivity index (χ3n) is 9.43. The van der Waals surface area contributed by atoms with Crippen LogP contribution in [0.5, 0.6) is 0 Å². The molecule has 2 fully saturated rings. The molecule has 0 aliphatic carbocycles. The molecule has 0 aromatic heterocycles. The molecule has 0 bridgehead atoms. The van der Waals surface area contributed by atoms with Gasteiger partial charge in [0, 0.05) is 47.8 Å². The van der Waals surface area contributed by atoms with Crippen LogP contribution in [0, 0.1) is 0 Å². The maximum atomic E-state index is 10.7. The number of quaternary nitrogens is 2. The van der Waals surface area contributed by atoms with E-state index in [9.17, 15) is 10.4 Å². The Labute approximate surface area is 228 Å². The van der Waals surface area contributed by atoms with Gasteiger partial charge in [-0.05, 0) is 81.1 Å². The van der Waals surface area contributed by atoms with Crippen molar-refractivity contribution in [3.63, 3.8) is 0 Å². The second kappa shape index (κ2) is 11.2. The summed E-state index contributed by atoms with van der Waals surface area (Å²) in [5.41, 5.74) is -0.719. The number of hydrogen-bond donors (Lipinski definition) is 2. The van der Waals surface area contributed by atoms with Gasteiger partial charge in [-0.1, -0.05) is 0 Å². The highest BCUT2D eigenvalue weighted by molar-refractivity contribution is 4.97. The van der Waals surface area contributed by atoms with Crippen LogP contribution in [0.4, 0.5) is 0 Å². The first-order chi connectivity index (χ1) is 15.1. The van der Waals surface area contributed by atoms with Crippen LogP contribution in [0.2, 0.25) is 0 Å². The van der Waals surface area contributed by atoms with E-state index in [0.29, 0.717) is 12.1 Å². The summed E-state index contributed by atoms with van der Waals surface area (Å²) in [6, 6.07) is 1.15. The number of halogens is 1. The molecule has 0 aromatic rings. The van der Waals surface area contributed by atoms with Gasteiger partial charge in [-0.3, -0.25) is 0 Å². The van der Waals surface area contributed by atoms with Crippen LogP contribution in [0.1, 0.15) is 107 Å². The van der Waals surface area contributed by atoms with Crippen LogP contribution >= 0.6 is 0 Å². The van der Waals surface area contributed by atoms with Gasteiger partial charge in [0.1, 0.15) is 0 Å². The number of rotatable bonds is 9. The first kappa shape index (κ1) is 33.3. The Morgan fingerprint density at radius 3 is 1.00 bits per heavy atom. The molecule has 0 unspecified atom stereocenters. The Bertz CT molecular complexity index is 596. The number of hydroxylamine groups is 4. The zero-order valence-electron chi connectivity index (χ0n) is 25.3. The molecular weight excluding hydrogens is 504 g/mol. The smallest absolute Gasteiger partial charge is 0.0923 e. The van der Waals surface area contributed by atoms with Gasteiger partial charge in [0.05, 0.1) is 53.4 Å². The highest BCUT2D eigenvalue weighted by atomic mass is 79.9. The first-order valence-electron chi connectivity index (χ1n) is 13.8. The third kappa shape index (κ3) is 7.87. The molecule has 35 heavy (non-hydrogen) atoms. The molecule has 0 atom stereocenters. The predicted octanol–water partition coefficient (Wildman–Crippen LogP) is 2.53. The fraction of sp³-hybridized carbons (Fsp3) is 1.00. The fourth-order valence-electron chi connectivity index (χ4n) is 7.18. The summed E-state index contributed by atoms with van der Waals surface area (Å²) in [5, 5.41) is 24.5. The van der Waals surface area contributed by atoms with E-state index in [0.717, 1.165) is 34.6 Å². The minimum Gasteiger partial charge on any atom is -1.00 e. The minimum atomic E-state index is -0.180. The standard InChI is InChI=1S/C28H60N4O2.BrH/c1-25(2)19-23(20-26(3,4)29(25)33)31(9,10)17-15-13-14-16-18-32(11,12)24-21-27(5,6)30(34)28(7,8)22-24;/h23-24,33-34H,13-22H2,1-12H3;1H/q+2;/p-1. The Kier molecular flexibility index (Phi) is 10.6. The van der Waals surface area contributed by atoms with E-state index in [-0.39, 0.29) is 39.1 Å². The lowest BCUT2D eigenvalue weighted by Gasteiger charge is -2.55. The average Bonchev–Trinajstić information content (AvgIpc) is 2.65. The van der Waals surface area contributed by atoms with Crippen LogP contribution in [-0.2, 0) is 0 Å². The molecule has 2 N–H and O–H groups in total. The molecule has 0 saturated carbocycles. The molecule has 2 heterocycles. The number of piperidine rings is 2. The van der Waals surface area contributed by atoms with Gasteiger partial charge in [-0.2, -0.15) is 10.1 Å². The largest absolute Gasteiger partial charge is 1.00 e. The first-order valence-corrected chi connectivity index (χ1v) is 13.8. The molecule has 0 amide bonds. The van der Waals surface area contributed by atoms with Crippen LogP contribution < -0.4 is 17.0 Å². The molecular formula is C28H60BrN4O2+. The fourth-order valence-corrected chi connectivity index (χ4v) is 7.18. The van der Waals surface area contributed by atoms with Crippen molar-refractivity contribution in [1.29, 1.82) is 0 Å². The van der Waals surface area contributed by atoms with Gasteiger partial charge in [0.25, 0.3) is 0 Å². The summed E-state index contributed by atoms with van der Waals surface area (Å²) in [6.45, 7) is 19.8. The van der Waals surface area contributed by atoms with Crippen molar-refractivity contribution >= 4 is 0 Å². The highest BCUT2D eigenvalue weighted by Gasteiger charge is 2.51. The summed E-state index contributed by atoms with van der Waals surface area (Å²) in [5.74, 6) is 0. The third-order valence-corrected chi connectivity index (χ3v) is 9.43. The molecule has 2 aliphatic rings. The monoisotopic (exact) mass is 563 g/mol. The molecule has 7 heteroatoms. The Morgan fingerprint density at radius 1 is 0.543 bits per heavy atom. The average molecular weight is 565 g/mol. The van der Waals surface area contributed by atoms with Crippen molar-refractivity contribution < 1.29 is 36.4 Å². The van der Waals surface area contributed by atoms with Crippen LogP contribution in [0.15, 0.2) is 0 Å². The van der Waals surface area contributed by atoms with E-state index in [1.165, 1.54) is 38.8 Å². The van der Waals surface area contributed by atoms with Gasteiger partial charge in [-0.15, -0.1) is 0 Å². The maximum Gasteiger partial charge on any atom is 0.0923 e. The maximum absolute atomic E-state index is 10.7. The highest BCUT2D eigenvalue weighted by Crippen LogP contribution is 2.41. The van der Waals surface area contributed by atoms with E-state index >= 15 is 0 Å². The van der Waals surface area contributed by atoms with E-state index < -0.39 is 0 Å². The predicted molar refractivity (Wildman–Crippen MR) is 142 cm³/mol. The van der Waals surface area contributed by atoms with Crippen LogP contribution in [0.3, 0.4) is 0 Å². The van der Waals surface area contributed by atoms with E-state index in [4.69, 9.17) is 0 Å². The van der Waals surface area contributed by atoms with Crippen molar-refractivity contribution in [2.75, 3.05) is 41.3 Å². The molecule has 0 aromatic carbocycles. The number of nitrogens with zero attached hydrogens (tertiary/aromatic N) is 4. The number of hydrogen-bond acceptors (Lipinski definition) is 4. The zero-order chi connectivity index (χ0) is 26.4. The normalized spacial score (nSPS) is 25.9. The lowest BCUT2D eigenvalue weighted by molar-refractivity contribution is -0.919. The van der Waals surface area contributed by atoms with Gasteiger partial charge in [0.2, 0.25) is 0 Å². The van der Waals surface area contributed by atoms with E-state index in [1.807, 2.05) is 0 Å². The van der Waals surface area contributed by atoms with Crippen LogP contribution in [-0.4, -0.2) is 105 Å². The lowest BCUT2D eigenvalue weighted by atomic mass is 9.77. The summed E-state index contributed by atoms with van der Waals surface area (Å²) in [4.78, 5) is 0. The van der Waals surface area contributed by atoms with Gasteiger partial charge in [0.15, 0.2) is 0 Å². The SMILES string of the molecule is CC1(C)CC([N+](C)(C)CCCCCC[N+](C)(C)C2CC(C)(C)N(O)C(C)(C)C2)CC(C)(C)N1O.[Br-]. The summed E-state index contributed by atoms with van der Waals surface area (Å²) in [7, 11) is 9.56. The molecule has 6 nitrogen and oxygen atoms in total. The lowest BCUT2D eigenvalue weighted by Crippen LogP contribution is -3.00. The zero-order valence-corrected chi connectivity index (χ0v) is 26.9. The Balaban J connectivity index is 0.00000612. The van der Waals surface area contributed by atoms with Gasteiger partial charge < -0.3 is 36.4 Å². The quantitative estimate of drug-likeness (QED) is 0.334. The van der Waals surface area contributed by atoms with E-state index in [2.05, 4.69) is 83.6 Å². The molecule has 0 spiro atoms. The molecule has 2 aliphatic heterocycles. The summed E-state index contributed by atoms with van der Waals surface area (Å²) in [6.07, 6.45) is 9.25.